The third kappa shape index (κ3) is 5.66. The number of nitrogens with zero attached hydrogens (tertiary/aromatic N) is 1. The van der Waals surface area contributed by atoms with Crippen LogP contribution in [0.5, 0.6) is 11.5 Å². The molecule has 5 aromatic rings. The SMILES string of the molecule is COc1cc2c(c3c1c(=O)c1cc4ccccc4cc1n3C)C(OC(C)=O)C(OC(=O)/C=C/c1ccc(C(F)(F)F)cc1)C(C)(C)O2. The number of aromatic nitrogens is 1. The summed E-state index contributed by atoms with van der Waals surface area (Å²) in [5, 5.41) is 2.47. The zero-order valence-electron chi connectivity index (χ0n) is 26.1. The van der Waals surface area contributed by atoms with Crippen LogP contribution >= 0.6 is 0 Å². The summed E-state index contributed by atoms with van der Waals surface area (Å²) in [6, 6.07) is 17.2. The number of halogens is 3. The molecular formula is C36H30F3NO7. The Morgan fingerprint density at radius 3 is 2.26 bits per heavy atom. The normalized spacial score (nSPS) is 17.4. The molecule has 0 radical (unpaired) electrons. The Balaban J connectivity index is 1.50. The molecule has 0 aliphatic carbocycles. The minimum Gasteiger partial charge on any atom is -0.496 e. The van der Waals surface area contributed by atoms with Crippen LogP contribution in [0.25, 0.3) is 38.7 Å². The van der Waals surface area contributed by atoms with Crippen LogP contribution in [0.4, 0.5) is 13.2 Å². The number of alkyl halides is 3. The number of methoxy groups -OCH3 is 1. The molecule has 2 atom stereocenters. The van der Waals surface area contributed by atoms with E-state index < -0.39 is 41.5 Å². The van der Waals surface area contributed by atoms with E-state index in [1.807, 2.05) is 36.4 Å². The molecule has 0 bridgehead atoms. The van der Waals surface area contributed by atoms with E-state index >= 15 is 0 Å². The van der Waals surface area contributed by atoms with Crippen molar-refractivity contribution in [3.8, 4) is 11.5 Å². The number of hydrogen-bond donors (Lipinski definition) is 0. The summed E-state index contributed by atoms with van der Waals surface area (Å²) in [5.41, 5.74) is -0.752. The van der Waals surface area contributed by atoms with Gasteiger partial charge in [-0.2, -0.15) is 13.2 Å². The number of fused-ring (bicyclic) bond motifs is 5. The van der Waals surface area contributed by atoms with Crippen LogP contribution in [-0.2, 0) is 32.3 Å². The maximum atomic E-state index is 14.2. The average molecular weight is 646 g/mol. The lowest BCUT2D eigenvalue weighted by molar-refractivity contribution is -0.185. The highest BCUT2D eigenvalue weighted by Crippen LogP contribution is 2.49. The van der Waals surface area contributed by atoms with Crippen LogP contribution in [0, 0.1) is 0 Å². The van der Waals surface area contributed by atoms with Crippen molar-refractivity contribution in [2.75, 3.05) is 7.11 Å². The molecule has 0 N–H and O–H groups in total. The maximum absolute atomic E-state index is 14.2. The third-order valence-electron chi connectivity index (χ3n) is 8.32. The standard InChI is InChI=1S/C36H30F3NO7/c1-19(41)45-33-30-27(47-35(2,3)34(33)46-28(42)15-12-20-10-13-23(14-11-20)36(37,38)39)18-26(44-5)29-31(30)40(4)25-17-22-9-7-6-8-21(22)16-24(25)32(29)43/h6-18,33-34H,1-5H3/b15-12+. The zero-order valence-corrected chi connectivity index (χ0v) is 26.1. The smallest absolute Gasteiger partial charge is 0.416 e. The summed E-state index contributed by atoms with van der Waals surface area (Å²) in [6.45, 7) is 4.54. The number of carbonyl (C=O) groups is 2. The van der Waals surface area contributed by atoms with Gasteiger partial charge in [0.2, 0.25) is 5.43 Å². The van der Waals surface area contributed by atoms with E-state index in [1.54, 1.807) is 31.5 Å². The van der Waals surface area contributed by atoms with Crippen LogP contribution in [-0.4, -0.2) is 35.3 Å². The number of hydrogen-bond acceptors (Lipinski definition) is 7. The van der Waals surface area contributed by atoms with Crippen molar-refractivity contribution in [3.63, 3.8) is 0 Å². The second-order valence-corrected chi connectivity index (χ2v) is 11.9. The molecule has 0 fully saturated rings. The fraction of sp³-hybridized carbons (Fsp3) is 0.250. The van der Waals surface area contributed by atoms with E-state index in [0.717, 1.165) is 29.0 Å². The van der Waals surface area contributed by atoms with Gasteiger partial charge in [-0.05, 0) is 60.5 Å². The molecule has 4 aromatic carbocycles. The van der Waals surface area contributed by atoms with Gasteiger partial charge in [0.25, 0.3) is 0 Å². The minimum atomic E-state index is -4.49. The molecule has 0 amide bonds. The molecule has 2 heterocycles. The first-order valence-electron chi connectivity index (χ1n) is 14.7. The van der Waals surface area contributed by atoms with Crippen molar-refractivity contribution < 1.29 is 41.7 Å². The van der Waals surface area contributed by atoms with Gasteiger partial charge in [-0.3, -0.25) is 9.59 Å². The molecule has 0 saturated carbocycles. The molecule has 1 aromatic heterocycles. The van der Waals surface area contributed by atoms with Crippen LogP contribution < -0.4 is 14.9 Å². The molecule has 0 spiro atoms. The van der Waals surface area contributed by atoms with Crippen LogP contribution in [0.3, 0.4) is 0 Å². The van der Waals surface area contributed by atoms with Gasteiger partial charge >= 0.3 is 18.1 Å². The Labute approximate surface area is 266 Å². The Morgan fingerprint density at radius 1 is 0.979 bits per heavy atom. The van der Waals surface area contributed by atoms with E-state index in [-0.39, 0.29) is 22.3 Å². The largest absolute Gasteiger partial charge is 0.496 e. The van der Waals surface area contributed by atoms with Crippen LogP contribution in [0.15, 0.2) is 77.6 Å². The third-order valence-corrected chi connectivity index (χ3v) is 8.32. The second-order valence-electron chi connectivity index (χ2n) is 11.9. The lowest BCUT2D eigenvalue weighted by Gasteiger charge is -2.43. The van der Waals surface area contributed by atoms with Crippen LogP contribution in [0.2, 0.25) is 0 Å². The van der Waals surface area contributed by atoms with Gasteiger partial charge in [0.05, 0.1) is 34.7 Å². The number of esters is 2. The van der Waals surface area contributed by atoms with Crippen molar-refractivity contribution >= 4 is 50.6 Å². The second kappa shape index (κ2) is 11.5. The summed E-state index contributed by atoms with van der Waals surface area (Å²) < 4.78 is 64.5. The number of rotatable bonds is 5. The molecule has 0 saturated heterocycles. The van der Waals surface area contributed by atoms with Crippen molar-refractivity contribution in [2.45, 2.75) is 44.8 Å². The monoisotopic (exact) mass is 645 g/mol. The summed E-state index contributed by atoms with van der Waals surface area (Å²) in [6.07, 6.45) is -4.53. The Morgan fingerprint density at radius 2 is 1.64 bits per heavy atom. The van der Waals surface area contributed by atoms with Gasteiger partial charge in [0.15, 0.2) is 12.2 Å². The van der Waals surface area contributed by atoms with Gasteiger partial charge in [-0.1, -0.05) is 36.4 Å². The van der Waals surface area contributed by atoms with Crippen molar-refractivity contribution in [3.05, 3.63) is 99.7 Å². The van der Waals surface area contributed by atoms with Crippen LogP contribution in [0.1, 0.15) is 43.6 Å². The van der Waals surface area contributed by atoms with Gasteiger partial charge in [-0.25, -0.2) is 4.79 Å². The van der Waals surface area contributed by atoms with E-state index in [0.29, 0.717) is 27.5 Å². The number of carbonyl (C=O) groups excluding carboxylic acids is 2. The predicted octanol–water partition coefficient (Wildman–Crippen LogP) is 7.27. The highest BCUT2D eigenvalue weighted by molar-refractivity contribution is 6.04. The molecule has 6 rings (SSSR count). The number of pyridine rings is 1. The molecule has 47 heavy (non-hydrogen) atoms. The van der Waals surface area contributed by atoms with E-state index in [1.165, 1.54) is 32.2 Å². The van der Waals surface area contributed by atoms with Gasteiger partial charge < -0.3 is 23.5 Å². The number of ether oxygens (including phenoxy) is 4. The van der Waals surface area contributed by atoms with E-state index in [2.05, 4.69) is 0 Å². The summed E-state index contributed by atoms with van der Waals surface area (Å²) in [5.74, 6) is -0.994. The average Bonchev–Trinajstić information content (AvgIpc) is 3.02. The fourth-order valence-corrected chi connectivity index (χ4v) is 6.14. The van der Waals surface area contributed by atoms with Gasteiger partial charge in [-0.15, -0.1) is 0 Å². The lowest BCUT2D eigenvalue weighted by atomic mass is 9.86. The molecule has 1 aliphatic rings. The Hall–Kier alpha value is -5.32. The summed E-state index contributed by atoms with van der Waals surface area (Å²) in [7, 11) is 3.22. The quantitative estimate of drug-likeness (QED) is 0.113. The molecule has 8 nitrogen and oxygen atoms in total. The summed E-state index contributed by atoms with van der Waals surface area (Å²) in [4.78, 5) is 39.9. The minimum absolute atomic E-state index is 0.226. The summed E-state index contributed by atoms with van der Waals surface area (Å²) >= 11 is 0. The van der Waals surface area contributed by atoms with Gasteiger partial charge in [0.1, 0.15) is 17.1 Å². The fourth-order valence-electron chi connectivity index (χ4n) is 6.14. The van der Waals surface area contributed by atoms with Crippen molar-refractivity contribution in [1.82, 2.24) is 4.57 Å². The number of benzene rings is 4. The first kappa shape index (κ1) is 31.7. The topological polar surface area (TPSA) is 93.1 Å². The highest BCUT2D eigenvalue weighted by Gasteiger charge is 2.50. The first-order chi connectivity index (χ1) is 22.2. The van der Waals surface area contributed by atoms with E-state index in [9.17, 15) is 27.6 Å². The Bertz CT molecular complexity index is 2170. The van der Waals surface area contributed by atoms with Crippen molar-refractivity contribution in [1.29, 1.82) is 0 Å². The zero-order chi connectivity index (χ0) is 33.8. The number of aryl methyl sites for hydroxylation is 1. The molecule has 242 valence electrons. The molecule has 2 unspecified atom stereocenters. The van der Waals surface area contributed by atoms with E-state index in [4.69, 9.17) is 18.9 Å². The molecule has 1 aliphatic heterocycles. The maximum Gasteiger partial charge on any atom is 0.416 e. The predicted molar refractivity (Wildman–Crippen MR) is 170 cm³/mol. The lowest BCUT2D eigenvalue weighted by Crippen LogP contribution is -2.52. The molecule has 11 heteroatoms. The Kier molecular flexibility index (Phi) is 7.73. The van der Waals surface area contributed by atoms with Crippen molar-refractivity contribution in [2.24, 2.45) is 7.05 Å². The van der Waals surface area contributed by atoms with Gasteiger partial charge in [0, 0.05) is 31.5 Å². The molecular weight excluding hydrogens is 615 g/mol. The highest BCUT2D eigenvalue weighted by atomic mass is 19.4. The first-order valence-corrected chi connectivity index (χ1v) is 14.7.